The van der Waals surface area contributed by atoms with E-state index in [1.165, 1.54) is 12.1 Å². The number of nitro benzene ring substituents is 1. The Labute approximate surface area is 131 Å². The predicted molar refractivity (Wildman–Crippen MR) is 83.3 cm³/mol. The molecule has 2 unspecified atom stereocenters. The number of amides is 1. The fraction of sp³-hybridized carbons (Fsp3) is 0.500. The van der Waals surface area contributed by atoms with Gasteiger partial charge in [0.15, 0.2) is 0 Å². The Morgan fingerprint density at radius 2 is 2.29 bits per heavy atom. The highest BCUT2D eigenvalue weighted by Gasteiger charge is 2.22. The molecule has 1 amide bonds. The normalized spacial score (nSPS) is 19.8. The van der Waals surface area contributed by atoms with Crippen molar-refractivity contribution in [2.24, 2.45) is 5.92 Å². The van der Waals surface area contributed by atoms with Crippen molar-refractivity contribution in [2.45, 2.75) is 25.8 Å². The minimum atomic E-state index is -0.504. The molecular weight excluding hydrogens is 338 g/mol. The number of piperidine rings is 1. The van der Waals surface area contributed by atoms with Gasteiger partial charge in [0.2, 0.25) is 0 Å². The molecule has 0 aromatic heterocycles. The average Bonchev–Trinajstić information content (AvgIpc) is 2.47. The van der Waals surface area contributed by atoms with E-state index in [1.807, 2.05) is 6.92 Å². The summed E-state index contributed by atoms with van der Waals surface area (Å²) in [4.78, 5) is 22.6. The molecule has 1 aliphatic rings. The van der Waals surface area contributed by atoms with Crippen LogP contribution in [0.4, 0.5) is 5.69 Å². The van der Waals surface area contributed by atoms with Crippen LogP contribution < -0.4 is 10.6 Å². The van der Waals surface area contributed by atoms with Crippen LogP contribution in [0.5, 0.6) is 0 Å². The number of nitrogens with zero attached hydrogens (tertiary/aromatic N) is 1. The highest BCUT2D eigenvalue weighted by molar-refractivity contribution is 9.10. The molecule has 1 aliphatic heterocycles. The molecule has 7 heteroatoms. The topological polar surface area (TPSA) is 84.3 Å². The first-order valence-electron chi connectivity index (χ1n) is 6.94. The van der Waals surface area contributed by atoms with Gasteiger partial charge < -0.3 is 10.6 Å². The summed E-state index contributed by atoms with van der Waals surface area (Å²) < 4.78 is 0.522. The molecule has 6 nitrogen and oxygen atoms in total. The third kappa shape index (κ3) is 4.25. The molecule has 1 aromatic carbocycles. The maximum Gasteiger partial charge on any atom is 0.271 e. The minimum absolute atomic E-state index is 0.0309. The van der Waals surface area contributed by atoms with Crippen LogP contribution in [0.25, 0.3) is 0 Å². The Bertz CT molecular complexity index is 544. The summed E-state index contributed by atoms with van der Waals surface area (Å²) in [6.07, 6.45) is 2.18. The van der Waals surface area contributed by atoms with E-state index in [-0.39, 0.29) is 17.6 Å². The first kappa shape index (κ1) is 15.9. The monoisotopic (exact) mass is 355 g/mol. The first-order chi connectivity index (χ1) is 9.97. The average molecular weight is 356 g/mol. The van der Waals surface area contributed by atoms with E-state index in [1.54, 1.807) is 6.07 Å². The zero-order valence-corrected chi connectivity index (χ0v) is 13.4. The summed E-state index contributed by atoms with van der Waals surface area (Å²) in [5.74, 6) is 0.113. The van der Waals surface area contributed by atoms with Gasteiger partial charge in [-0.1, -0.05) is 15.9 Å². The highest BCUT2D eigenvalue weighted by Crippen LogP contribution is 2.22. The number of carbonyl (C=O) groups excluding carboxylic acids is 1. The summed E-state index contributed by atoms with van der Waals surface area (Å²) in [7, 11) is 0. The summed E-state index contributed by atoms with van der Waals surface area (Å²) in [6.45, 7) is 3.89. The molecule has 0 spiro atoms. The quantitative estimate of drug-likeness (QED) is 0.641. The number of nitrogens with one attached hydrogen (secondary N) is 2. The predicted octanol–water partition coefficient (Wildman–Crippen LogP) is 2.48. The number of non-ortho nitro benzene ring substituents is 1. The molecule has 0 radical (unpaired) electrons. The smallest absolute Gasteiger partial charge is 0.271 e. The van der Waals surface area contributed by atoms with Crippen LogP contribution in [-0.4, -0.2) is 30.0 Å². The van der Waals surface area contributed by atoms with E-state index in [9.17, 15) is 14.9 Å². The molecule has 0 bridgehead atoms. The molecule has 0 aliphatic carbocycles. The summed E-state index contributed by atoms with van der Waals surface area (Å²) in [5, 5.41) is 17.1. The Morgan fingerprint density at radius 1 is 1.52 bits per heavy atom. The Kier molecular flexibility index (Phi) is 5.30. The lowest BCUT2D eigenvalue weighted by atomic mass is 9.92. The molecule has 114 valence electrons. The van der Waals surface area contributed by atoms with Crippen LogP contribution >= 0.6 is 15.9 Å². The van der Waals surface area contributed by atoms with Crippen molar-refractivity contribution < 1.29 is 9.72 Å². The van der Waals surface area contributed by atoms with Crippen molar-refractivity contribution in [1.82, 2.24) is 10.6 Å². The minimum Gasteiger partial charge on any atom is -0.349 e. The van der Waals surface area contributed by atoms with Crippen molar-refractivity contribution in [2.75, 3.05) is 13.1 Å². The van der Waals surface area contributed by atoms with Gasteiger partial charge in [-0.15, -0.1) is 0 Å². The molecule has 1 saturated heterocycles. The lowest BCUT2D eigenvalue weighted by Crippen LogP contribution is -2.44. The number of halogens is 1. The molecule has 2 atom stereocenters. The third-order valence-corrected chi connectivity index (χ3v) is 4.21. The molecule has 1 heterocycles. The Morgan fingerprint density at radius 3 is 2.90 bits per heavy atom. The van der Waals surface area contributed by atoms with E-state index in [2.05, 4.69) is 26.6 Å². The van der Waals surface area contributed by atoms with Gasteiger partial charge in [-0.2, -0.15) is 0 Å². The largest absolute Gasteiger partial charge is 0.349 e. The second kappa shape index (κ2) is 7.00. The molecule has 2 rings (SSSR count). The van der Waals surface area contributed by atoms with E-state index < -0.39 is 4.92 Å². The van der Waals surface area contributed by atoms with Gasteiger partial charge in [0.25, 0.3) is 11.6 Å². The van der Waals surface area contributed by atoms with Crippen LogP contribution in [0.1, 0.15) is 30.1 Å². The molecular formula is C14H18BrN3O3. The lowest BCUT2D eigenvalue weighted by Gasteiger charge is -2.28. The summed E-state index contributed by atoms with van der Waals surface area (Å²) >= 11 is 3.20. The fourth-order valence-corrected chi connectivity index (χ4v) is 3.01. The highest BCUT2D eigenvalue weighted by atomic mass is 79.9. The molecule has 2 N–H and O–H groups in total. The van der Waals surface area contributed by atoms with Gasteiger partial charge in [-0.25, -0.2) is 0 Å². The van der Waals surface area contributed by atoms with Crippen LogP contribution in [0.3, 0.4) is 0 Å². The Hall–Kier alpha value is -1.47. The Balaban J connectivity index is 2.07. The van der Waals surface area contributed by atoms with Gasteiger partial charge >= 0.3 is 0 Å². The summed E-state index contributed by atoms with van der Waals surface area (Å²) in [5.41, 5.74) is 0.202. The van der Waals surface area contributed by atoms with Crippen molar-refractivity contribution >= 4 is 27.5 Å². The summed E-state index contributed by atoms with van der Waals surface area (Å²) in [6, 6.07) is 4.30. The van der Waals surface area contributed by atoms with Gasteiger partial charge in [0.05, 0.1) is 4.92 Å². The number of hydrogen-bond donors (Lipinski definition) is 2. The van der Waals surface area contributed by atoms with E-state index in [0.717, 1.165) is 25.9 Å². The lowest BCUT2D eigenvalue weighted by molar-refractivity contribution is -0.385. The molecule has 21 heavy (non-hydrogen) atoms. The van der Waals surface area contributed by atoms with Crippen molar-refractivity contribution in [3.05, 3.63) is 38.3 Å². The third-order valence-electron chi connectivity index (χ3n) is 3.76. The first-order valence-corrected chi connectivity index (χ1v) is 7.73. The van der Waals surface area contributed by atoms with Gasteiger partial charge in [-0.05, 0) is 44.8 Å². The van der Waals surface area contributed by atoms with E-state index in [4.69, 9.17) is 0 Å². The van der Waals surface area contributed by atoms with Crippen molar-refractivity contribution in [3.63, 3.8) is 0 Å². The van der Waals surface area contributed by atoms with Crippen LogP contribution in [0, 0.1) is 16.0 Å². The number of rotatable bonds is 4. The number of hydrogen-bond acceptors (Lipinski definition) is 4. The number of carbonyl (C=O) groups is 1. The standard InChI is InChI=1S/C14H18BrN3O3/c1-9(10-3-2-4-16-8-10)17-14(19)11-5-12(15)7-13(6-11)18(20)21/h5-7,9-10,16H,2-4,8H2,1H3,(H,17,19). The molecule has 1 aromatic rings. The van der Waals surface area contributed by atoms with E-state index in [0.29, 0.717) is 16.0 Å². The second-order valence-corrected chi connectivity index (χ2v) is 6.24. The SMILES string of the molecule is CC(NC(=O)c1cc(Br)cc([N+](=O)[O-])c1)C1CCCNC1. The maximum atomic E-state index is 12.2. The van der Waals surface area contributed by atoms with Gasteiger partial charge in [-0.3, -0.25) is 14.9 Å². The van der Waals surface area contributed by atoms with Crippen molar-refractivity contribution in [1.29, 1.82) is 0 Å². The zero-order chi connectivity index (χ0) is 15.4. The molecule has 1 fully saturated rings. The zero-order valence-electron chi connectivity index (χ0n) is 11.8. The fourth-order valence-electron chi connectivity index (χ4n) is 2.52. The van der Waals surface area contributed by atoms with Gasteiger partial charge in [0, 0.05) is 28.2 Å². The second-order valence-electron chi connectivity index (χ2n) is 5.32. The van der Waals surface area contributed by atoms with Crippen molar-refractivity contribution in [3.8, 4) is 0 Å². The van der Waals surface area contributed by atoms with Crippen LogP contribution in [-0.2, 0) is 0 Å². The number of nitro groups is 1. The van der Waals surface area contributed by atoms with E-state index >= 15 is 0 Å². The van der Waals surface area contributed by atoms with Crippen LogP contribution in [0.15, 0.2) is 22.7 Å². The van der Waals surface area contributed by atoms with Crippen LogP contribution in [0.2, 0.25) is 0 Å². The number of benzene rings is 1. The van der Waals surface area contributed by atoms with Gasteiger partial charge in [0.1, 0.15) is 0 Å². The maximum absolute atomic E-state index is 12.2. The molecule has 0 saturated carbocycles.